The van der Waals surface area contributed by atoms with E-state index in [0.717, 1.165) is 0 Å². The monoisotopic (exact) mass is 306 g/mol. The van der Waals surface area contributed by atoms with Crippen LogP contribution in [0.3, 0.4) is 0 Å². The van der Waals surface area contributed by atoms with E-state index >= 15 is 0 Å². The molecule has 0 spiro atoms. The van der Waals surface area contributed by atoms with Crippen molar-refractivity contribution >= 4 is 12.0 Å². The van der Waals surface area contributed by atoms with Crippen molar-refractivity contribution in [1.29, 1.82) is 0 Å². The number of hydrogen-bond acceptors (Lipinski definition) is 2. The van der Waals surface area contributed by atoms with Gasteiger partial charge in [-0.1, -0.05) is 37.6 Å². The second kappa shape index (κ2) is 7.29. The molecule has 1 rings (SSSR count). The number of carbonyl (C=O) groups excluding carboxylic acids is 1. The van der Waals surface area contributed by atoms with Crippen LogP contribution in [-0.2, 0) is 10.2 Å². The SMILES string of the molecule is Cc1ccc(C(C)(C)CNC(=O)N(C)CCC(=O)O)c(C)c1. The van der Waals surface area contributed by atoms with Gasteiger partial charge in [0, 0.05) is 25.6 Å². The van der Waals surface area contributed by atoms with Gasteiger partial charge in [-0.05, 0) is 25.0 Å². The van der Waals surface area contributed by atoms with E-state index in [9.17, 15) is 9.59 Å². The largest absolute Gasteiger partial charge is 0.481 e. The van der Waals surface area contributed by atoms with Crippen LogP contribution >= 0.6 is 0 Å². The van der Waals surface area contributed by atoms with E-state index in [2.05, 4.69) is 51.2 Å². The van der Waals surface area contributed by atoms with Crippen LogP contribution in [-0.4, -0.2) is 42.1 Å². The lowest BCUT2D eigenvalue weighted by molar-refractivity contribution is -0.137. The number of hydrogen-bond donors (Lipinski definition) is 2. The lowest BCUT2D eigenvalue weighted by atomic mass is 9.81. The Kier molecular flexibility index (Phi) is 5.97. The standard InChI is InChI=1S/C17H26N2O3/c1-12-6-7-14(13(2)10-12)17(3,4)11-18-16(22)19(5)9-8-15(20)21/h6-7,10H,8-9,11H2,1-5H3,(H,18,22)(H,20,21). The summed E-state index contributed by atoms with van der Waals surface area (Å²) in [5, 5.41) is 11.5. The Morgan fingerprint density at radius 1 is 1.27 bits per heavy atom. The third-order valence-corrected chi connectivity index (χ3v) is 3.80. The van der Waals surface area contributed by atoms with Crippen LogP contribution in [0.15, 0.2) is 18.2 Å². The molecule has 0 aliphatic carbocycles. The number of aryl methyl sites for hydroxylation is 2. The average Bonchev–Trinajstić information content (AvgIpc) is 2.41. The second-order valence-electron chi connectivity index (χ2n) is 6.43. The maximum absolute atomic E-state index is 12.0. The van der Waals surface area contributed by atoms with Gasteiger partial charge in [0.15, 0.2) is 0 Å². The summed E-state index contributed by atoms with van der Waals surface area (Å²) in [6.07, 6.45) is -0.0512. The van der Waals surface area contributed by atoms with Gasteiger partial charge in [0.25, 0.3) is 0 Å². The number of carboxylic acid groups (broad SMARTS) is 1. The van der Waals surface area contributed by atoms with E-state index in [1.165, 1.54) is 21.6 Å². The van der Waals surface area contributed by atoms with Crippen LogP contribution in [0.2, 0.25) is 0 Å². The molecule has 2 amide bonds. The lowest BCUT2D eigenvalue weighted by Gasteiger charge is -2.29. The van der Waals surface area contributed by atoms with Crippen molar-refractivity contribution in [2.24, 2.45) is 0 Å². The molecule has 0 saturated carbocycles. The first-order chi connectivity index (χ1) is 10.1. The molecule has 0 fully saturated rings. The number of rotatable bonds is 6. The number of aliphatic carboxylic acids is 1. The Labute approximate surface area is 132 Å². The highest BCUT2D eigenvalue weighted by Crippen LogP contribution is 2.26. The summed E-state index contributed by atoms with van der Waals surface area (Å²) in [6, 6.07) is 6.06. The van der Waals surface area contributed by atoms with Gasteiger partial charge in [0.05, 0.1) is 6.42 Å². The molecule has 5 nitrogen and oxygen atoms in total. The third kappa shape index (κ3) is 5.06. The van der Waals surface area contributed by atoms with Crippen molar-refractivity contribution in [3.63, 3.8) is 0 Å². The van der Waals surface area contributed by atoms with Gasteiger partial charge >= 0.3 is 12.0 Å². The second-order valence-corrected chi connectivity index (χ2v) is 6.43. The Bertz CT molecular complexity index is 553. The molecule has 0 bridgehead atoms. The highest BCUT2D eigenvalue weighted by molar-refractivity contribution is 5.75. The average molecular weight is 306 g/mol. The van der Waals surface area contributed by atoms with Gasteiger partial charge in [-0.2, -0.15) is 0 Å². The highest BCUT2D eigenvalue weighted by Gasteiger charge is 2.24. The van der Waals surface area contributed by atoms with Gasteiger partial charge in [-0.3, -0.25) is 4.79 Å². The number of benzene rings is 1. The molecule has 0 radical (unpaired) electrons. The first kappa shape index (κ1) is 18.0. The lowest BCUT2D eigenvalue weighted by Crippen LogP contribution is -2.43. The quantitative estimate of drug-likeness (QED) is 0.849. The van der Waals surface area contributed by atoms with Crippen molar-refractivity contribution in [2.45, 2.75) is 39.5 Å². The predicted octanol–water partition coefficient (Wildman–Crippen LogP) is 2.70. The molecule has 0 aliphatic rings. The minimum Gasteiger partial charge on any atom is -0.481 e. The van der Waals surface area contributed by atoms with Gasteiger partial charge in [0.1, 0.15) is 0 Å². The van der Waals surface area contributed by atoms with Gasteiger partial charge in [-0.15, -0.1) is 0 Å². The molecule has 1 aromatic rings. The van der Waals surface area contributed by atoms with E-state index < -0.39 is 5.97 Å². The number of nitrogens with zero attached hydrogens (tertiary/aromatic N) is 1. The fourth-order valence-corrected chi connectivity index (χ4v) is 2.46. The summed E-state index contributed by atoms with van der Waals surface area (Å²) in [5.74, 6) is -0.907. The van der Waals surface area contributed by atoms with Crippen molar-refractivity contribution in [3.8, 4) is 0 Å². The van der Waals surface area contributed by atoms with Crippen LogP contribution in [0.4, 0.5) is 4.79 Å². The molecule has 0 aliphatic heterocycles. The summed E-state index contributed by atoms with van der Waals surface area (Å²) < 4.78 is 0. The van der Waals surface area contributed by atoms with Crippen molar-refractivity contribution in [3.05, 3.63) is 34.9 Å². The van der Waals surface area contributed by atoms with E-state index in [0.29, 0.717) is 6.54 Å². The fraction of sp³-hybridized carbons (Fsp3) is 0.529. The van der Waals surface area contributed by atoms with Crippen LogP contribution in [0.5, 0.6) is 0 Å². The van der Waals surface area contributed by atoms with E-state index in [1.54, 1.807) is 7.05 Å². The van der Waals surface area contributed by atoms with E-state index in [-0.39, 0.29) is 24.4 Å². The maximum Gasteiger partial charge on any atom is 0.317 e. The van der Waals surface area contributed by atoms with Crippen LogP contribution in [0.1, 0.15) is 37.0 Å². The number of nitrogens with one attached hydrogen (secondary N) is 1. The first-order valence-electron chi connectivity index (χ1n) is 7.42. The number of carboxylic acids is 1. The molecule has 0 atom stereocenters. The van der Waals surface area contributed by atoms with Crippen LogP contribution in [0.25, 0.3) is 0 Å². The molecule has 0 heterocycles. The summed E-state index contributed by atoms with van der Waals surface area (Å²) in [4.78, 5) is 23.9. The molecular formula is C17H26N2O3. The Morgan fingerprint density at radius 2 is 1.91 bits per heavy atom. The summed E-state index contributed by atoms with van der Waals surface area (Å²) in [5.41, 5.74) is 3.43. The molecule has 0 aromatic heterocycles. The van der Waals surface area contributed by atoms with Crippen molar-refractivity contribution in [1.82, 2.24) is 10.2 Å². The normalized spacial score (nSPS) is 11.1. The Morgan fingerprint density at radius 3 is 2.45 bits per heavy atom. The molecule has 0 saturated heterocycles. The summed E-state index contributed by atoms with van der Waals surface area (Å²) in [6.45, 7) is 9.00. The van der Waals surface area contributed by atoms with Gasteiger partial charge in [0.2, 0.25) is 0 Å². The smallest absolute Gasteiger partial charge is 0.317 e. The molecule has 122 valence electrons. The molecule has 5 heteroatoms. The zero-order valence-electron chi connectivity index (χ0n) is 14.1. The topological polar surface area (TPSA) is 69.6 Å². The number of carbonyl (C=O) groups is 2. The highest BCUT2D eigenvalue weighted by atomic mass is 16.4. The zero-order valence-corrected chi connectivity index (χ0v) is 14.1. The number of urea groups is 1. The van der Waals surface area contributed by atoms with Gasteiger partial charge < -0.3 is 15.3 Å². The number of amides is 2. The predicted molar refractivity (Wildman–Crippen MR) is 87.2 cm³/mol. The maximum atomic E-state index is 12.0. The zero-order chi connectivity index (χ0) is 16.9. The minimum atomic E-state index is -0.907. The first-order valence-corrected chi connectivity index (χ1v) is 7.42. The molecular weight excluding hydrogens is 280 g/mol. The Balaban J connectivity index is 2.65. The molecule has 0 unspecified atom stereocenters. The van der Waals surface area contributed by atoms with Crippen molar-refractivity contribution in [2.75, 3.05) is 20.1 Å². The molecule has 2 N–H and O–H groups in total. The van der Waals surface area contributed by atoms with Crippen LogP contribution < -0.4 is 5.32 Å². The van der Waals surface area contributed by atoms with E-state index in [4.69, 9.17) is 5.11 Å². The van der Waals surface area contributed by atoms with Crippen molar-refractivity contribution < 1.29 is 14.7 Å². The fourth-order valence-electron chi connectivity index (χ4n) is 2.46. The van der Waals surface area contributed by atoms with E-state index in [1.807, 2.05) is 0 Å². The Hall–Kier alpha value is -2.04. The van der Waals surface area contributed by atoms with Crippen LogP contribution in [0, 0.1) is 13.8 Å². The molecule has 22 heavy (non-hydrogen) atoms. The minimum absolute atomic E-state index is 0.0512. The molecule has 1 aromatic carbocycles. The summed E-state index contributed by atoms with van der Waals surface area (Å²) >= 11 is 0. The third-order valence-electron chi connectivity index (χ3n) is 3.80. The van der Waals surface area contributed by atoms with Gasteiger partial charge in [-0.25, -0.2) is 4.79 Å². The summed E-state index contributed by atoms with van der Waals surface area (Å²) in [7, 11) is 1.60.